The van der Waals surface area contributed by atoms with Gasteiger partial charge in [-0.15, -0.1) is 0 Å². The Labute approximate surface area is 104 Å². The van der Waals surface area contributed by atoms with E-state index in [0.717, 1.165) is 0 Å². The van der Waals surface area contributed by atoms with E-state index in [1.165, 1.54) is 18.5 Å². The normalized spacial score (nSPS) is 27.1. The maximum absolute atomic E-state index is 11.8. The van der Waals surface area contributed by atoms with Crippen LogP contribution in [0, 0.1) is 0 Å². The summed E-state index contributed by atoms with van der Waals surface area (Å²) in [7, 11) is 0. The van der Waals surface area contributed by atoms with Crippen molar-refractivity contribution in [3.8, 4) is 0 Å². The van der Waals surface area contributed by atoms with Gasteiger partial charge in [-0.1, -0.05) is 0 Å². The van der Waals surface area contributed by atoms with Crippen LogP contribution in [-0.2, 0) is 4.74 Å². The van der Waals surface area contributed by atoms with Gasteiger partial charge in [0, 0.05) is 38.0 Å². The second kappa shape index (κ2) is 4.91. The second-order valence-corrected chi connectivity index (χ2v) is 4.47. The zero-order chi connectivity index (χ0) is 13.2. The topological polar surface area (TPSA) is 91.4 Å². The van der Waals surface area contributed by atoms with Crippen molar-refractivity contribution in [1.82, 2.24) is 10.3 Å². The van der Waals surface area contributed by atoms with Crippen LogP contribution in [0.1, 0.15) is 23.7 Å². The largest absolute Gasteiger partial charge is 0.385 e. The number of carbonyl (C=O) groups is 1. The zero-order valence-electron chi connectivity index (χ0n) is 10.1. The molecule has 0 aliphatic carbocycles. The molecule has 2 atom stereocenters. The highest BCUT2D eigenvalue weighted by molar-refractivity contribution is 5.93. The maximum Gasteiger partial charge on any atom is 0.256 e. The van der Waals surface area contributed by atoms with Crippen LogP contribution >= 0.6 is 0 Å². The molecule has 0 aromatic carbocycles. The van der Waals surface area contributed by atoms with E-state index in [0.29, 0.717) is 13.0 Å². The Kier molecular flexibility index (Phi) is 3.49. The van der Waals surface area contributed by atoms with Crippen molar-refractivity contribution in [1.29, 1.82) is 0 Å². The Morgan fingerprint density at radius 3 is 3.11 bits per heavy atom. The number of aromatic nitrogens is 1. The molecule has 1 amide bonds. The summed E-state index contributed by atoms with van der Waals surface area (Å²) in [5.74, 6) is -0.496. The van der Waals surface area contributed by atoms with Gasteiger partial charge in [-0.3, -0.25) is 9.59 Å². The van der Waals surface area contributed by atoms with E-state index in [2.05, 4.69) is 10.3 Å². The maximum atomic E-state index is 11.8. The van der Waals surface area contributed by atoms with Crippen molar-refractivity contribution in [3.05, 3.63) is 34.2 Å². The third-order valence-electron chi connectivity index (χ3n) is 3.28. The number of aromatic amines is 1. The molecule has 1 aromatic rings. The second-order valence-electron chi connectivity index (χ2n) is 4.47. The van der Waals surface area contributed by atoms with Crippen LogP contribution in [0.15, 0.2) is 23.3 Å². The zero-order valence-corrected chi connectivity index (χ0v) is 10.1. The van der Waals surface area contributed by atoms with E-state index < -0.39 is 11.5 Å². The predicted octanol–water partition coefficient (Wildman–Crippen LogP) is -0.355. The summed E-state index contributed by atoms with van der Waals surface area (Å²) >= 11 is 0. The molecule has 2 unspecified atom stereocenters. The van der Waals surface area contributed by atoms with Crippen molar-refractivity contribution in [3.63, 3.8) is 0 Å². The minimum atomic E-state index is -1.06. The van der Waals surface area contributed by atoms with Crippen molar-refractivity contribution in [2.75, 3.05) is 13.2 Å². The molecular formula is C12H16N2O4. The monoisotopic (exact) mass is 252 g/mol. The molecule has 18 heavy (non-hydrogen) atoms. The first-order valence-electron chi connectivity index (χ1n) is 5.82. The van der Waals surface area contributed by atoms with Gasteiger partial charge in [0.05, 0.1) is 6.10 Å². The van der Waals surface area contributed by atoms with Crippen molar-refractivity contribution in [2.24, 2.45) is 0 Å². The first-order chi connectivity index (χ1) is 8.53. The first-order valence-corrected chi connectivity index (χ1v) is 5.82. The lowest BCUT2D eigenvalue weighted by Gasteiger charge is -2.26. The van der Waals surface area contributed by atoms with Gasteiger partial charge in [-0.25, -0.2) is 0 Å². The van der Waals surface area contributed by atoms with Gasteiger partial charge in [-0.2, -0.15) is 0 Å². The number of rotatable bonds is 3. The summed E-state index contributed by atoms with van der Waals surface area (Å²) in [5, 5.41) is 12.8. The fraction of sp³-hybridized carbons (Fsp3) is 0.500. The molecule has 0 saturated carbocycles. The number of amides is 1. The Morgan fingerprint density at radius 1 is 1.72 bits per heavy atom. The van der Waals surface area contributed by atoms with Crippen LogP contribution in [0.2, 0.25) is 0 Å². The van der Waals surface area contributed by atoms with Crippen LogP contribution in [0.25, 0.3) is 0 Å². The van der Waals surface area contributed by atoms with Crippen molar-refractivity contribution >= 4 is 5.91 Å². The Bertz CT molecular complexity index is 499. The van der Waals surface area contributed by atoms with E-state index >= 15 is 0 Å². The van der Waals surface area contributed by atoms with Crippen LogP contribution < -0.4 is 10.7 Å². The summed E-state index contributed by atoms with van der Waals surface area (Å²) in [5.41, 5.74) is -1.38. The smallest absolute Gasteiger partial charge is 0.256 e. The minimum absolute atomic E-state index is 0.0349. The molecule has 3 N–H and O–H groups in total. The van der Waals surface area contributed by atoms with E-state index in [9.17, 15) is 14.7 Å². The highest BCUT2D eigenvalue weighted by atomic mass is 16.5. The molecule has 0 bridgehead atoms. The van der Waals surface area contributed by atoms with Crippen LogP contribution in [0.5, 0.6) is 0 Å². The Morgan fingerprint density at radius 2 is 2.50 bits per heavy atom. The number of carbonyl (C=O) groups excluding carboxylic acids is 1. The quantitative estimate of drug-likeness (QED) is 0.685. The summed E-state index contributed by atoms with van der Waals surface area (Å²) in [6, 6.07) is 1.28. The molecule has 0 spiro atoms. The minimum Gasteiger partial charge on any atom is -0.385 e. The predicted molar refractivity (Wildman–Crippen MR) is 64.4 cm³/mol. The lowest BCUT2D eigenvalue weighted by molar-refractivity contribution is -0.0251. The molecule has 1 aromatic heterocycles. The number of aliphatic hydroxyl groups is 1. The van der Waals surface area contributed by atoms with E-state index in [4.69, 9.17) is 4.74 Å². The van der Waals surface area contributed by atoms with Gasteiger partial charge in [0.25, 0.3) is 5.91 Å². The van der Waals surface area contributed by atoms with Gasteiger partial charge < -0.3 is 20.1 Å². The average Bonchev–Trinajstić information content (AvgIpc) is 2.68. The van der Waals surface area contributed by atoms with Gasteiger partial charge in [0.2, 0.25) is 0 Å². The van der Waals surface area contributed by atoms with Crippen LogP contribution in [-0.4, -0.2) is 40.9 Å². The molecule has 1 saturated heterocycles. The summed E-state index contributed by atoms with van der Waals surface area (Å²) in [6.45, 7) is 2.30. The van der Waals surface area contributed by atoms with Gasteiger partial charge >= 0.3 is 0 Å². The highest BCUT2D eigenvalue weighted by Gasteiger charge is 2.39. The Hall–Kier alpha value is -1.66. The Balaban J connectivity index is 2.01. The third kappa shape index (κ3) is 2.44. The summed E-state index contributed by atoms with van der Waals surface area (Å²) in [4.78, 5) is 25.9. The molecule has 1 aliphatic rings. The van der Waals surface area contributed by atoms with E-state index in [1.54, 1.807) is 6.92 Å². The SMILES string of the molecule is CC1OCCC1(O)CNC(=O)c1c[nH]ccc1=O. The molecular weight excluding hydrogens is 236 g/mol. The molecule has 1 aliphatic heterocycles. The molecule has 1 fully saturated rings. The number of ether oxygens (including phenoxy) is 1. The van der Waals surface area contributed by atoms with Crippen molar-refractivity contribution in [2.45, 2.75) is 25.0 Å². The first kappa shape index (κ1) is 12.8. The molecule has 6 heteroatoms. The molecule has 98 valence electrons. The standard InChI is InChI=1S/C12H16N2O4/c1-8-12(17,3-5-18-8)7-14-11(16)9-6-13-4-2-10(9)15/h2,4,6,8,17H,3,5,7H2,1H3,(H,13,15)(H,14,16). The fourth-order valence-corrected chi connectivity index (χ4v) is 1.93. The van der Waals surface area contributed by atoms with E-state index in [-0.39, 0.29) is 23.6 Å². The van der Waals surface area contributed by atoms with Gasteiger partial charge in [0.15, 0.2) is 5.43 Å². The fourth-order valence-electron chi connectivity index (χ4n) is 1.93. The van der Waals surface area contributed by atoms with Crippen LogP contribution in [0.4, 0.5) is 0 Å². The summed E-state index contributed by atoms with van der Waals surface area (Å²) in [6.07, 6.45) is 2.95. The molecule has 2 rings (SSSR count). The van der Waals surface area contributed by atoms with Gasteiger partial charge in [0.1, 0.15) is 11.2 Å². The lowest BCUT2D eigenvalue weighted by Crippen LogP contribution is -2.48. The third-order valence-corrected chi connectivity index (χ3v) is 3.28. The number of nitrogens with one attached hydrogen (secondary N) is 2. The highest BCUT2D eigenvalue weighted by Crippen LogP contribution is 2.24. The number of pyridine rings is 1. The average molecular weight is 252 g/mol. The molecule has 6 nitrogen and oxygen atoms in total. The number of H-pyrrole nitrogens is 1. The lowest BCUT2D eigenvalue weighted by atomic mass is 9.96. The van der Waals surface area contributed by atoms with Crippen LogP contribution in [0.3, 0.4) is 0 Å². The number of hydrogen-bond donors (Lipinski definition) is 3. The van der Waals surface area contributed by atoms with E-state index in [1.807, 2.05) is 0 Å². The molecule has 2 heterocycles. The molecule has 0 radical (unpaired) electrons. The van der Waals surface area contributed by atoms with Gasteiger partial charge in [-0.05, 0) is 6.92 Å². The van der Waals surface area contributed by atoms with Crippen molar-refractivity contribution < 1.29 is 14.6 Å². The number of hydrogen-bond acceptors (Lipinski definition) is 4. The summed E-state index contributed by atoms with van der Waals surface area (Å²) < 4.78 is 5.26.